The summed E-state index contributed by atoms with van der Waals surface area (Å²) < 4.78 is 0. The van der Waals surface area contributed by atoms with Crippen molar-refractivity contribution in [1.82, 2.24) is 4.90 Å². The van der Waals surface area contributed by atoms with Gasteiger partial charge in [-0.05, 0) is 36.7 Å². The Kier molecular flexibility index (Phi) is 6.06. The Morgan fingerprint density at radius 3 is 2.33 bits per heavy atom. The number of hydrogen-bond donors (Lipinski definition) is 2. The van der Waals surface area contributed by atoms with Gasteiger partial charge in [-0.15, -0.1) is 0 Å². The van der Waals surface area contributed by atoms with Crippen LogP contribution < -0.4 is 10.6 Å². The van der Waals surface area contributed by atoms with Gasteiger partial charge >= 0.3 is 0 Å². The number of anilines is 2. The Bertz CT molecular complexity index is 969. The Balaban J connectivity index is 1.55. The molecule has 0 heterocycles. The Morgan fingerprint density at radius 2 is 1.56 bits per heavy atom. The lowest BCUT2D eigenvalue weighted by atomic mass is 10.1. The molecule has 0 spiro atoms. The van der Waals surface area contributed by atoms with E-state index in [1.54, 1.807) is 36.2 Å². The lowest BCUT2D eigenvalue weighted by Gasteiger charge is -2.16. The van der Waals surface area contributed by atoms with Crippen molar-refractivity contribution in [3.05, 3.63) is 71.8 Å². The second kappa shape index (κ2) is 8.66. The van der Waals surface area contributed by atoms with E-state index in [-0.39, 0.29) is 24.9 Å². The molecule has 138 valence electrons. The maximum Gasteiger partial charge on any atom is 0.238 e. The van der Waals surface area contributed by atoms with Gasteiger partial charge in [-0.25, -0.2) is 0 Å². The number of nitrogens with one attached hydrogen (secondary N) is 2. The first-order valence-corrected chi connectivity index (χ1v) is 8.90. The third-order valence-electron chi connectivity index (χ3n) is 4.00. The highest BCUT2D eigenvalue weighted by Crippen LogP contribution is 2.22. The van der Waals surface area contributed by atoms with Crippen LogP contribution in [0.5, 0.6) is 0 Å². The van der Waals surface area contributed by atoms with Gasteiger partial charge in [-0.3, -0.25) is 14.5 Å². The summed E-state index contributed by atoms with van der Waals surface area (Å²) in [6, 6.07) is 20.6. The fourth-order valence-corrected chi connectivity index (χ4v) is 3.03. The standard InChI is InChI=1S/C21H20ClN3O2/c1-25(13-20(26)23-17-9-5-8-16(22)12-17)14-21(27)24-19-11-4-7-15-6-2-3-10-18(15)19/h2-12H,13-14H2,1H3,(H,23,26)(H,24,27). The molecule has 0 saturated carbocycles. The summed E-state index contributed by atoms with van der Waals surface area (Å²) in [6.45, 7) is 0.196. The van der Waals surface area contributed by atoms with Gasteiger partial charge in [0.25, 0.3) is 0 Å². The predicted molar refractivity (Wildman–Crippen MR) is 110 cm³/mol. The van der Waals surface area contributed by atoms with Gasteiger partial charge in [0.1, 0.15) is 0 Å². The molecule has 5 nitrogen and oxygen atoms in total. The van der Waals surface area contributed by atoms with Crippen molar-refractivity contribution < 1.29 is 9.59 Å². The monoisotopic (exact) mass is 381 g/mol. The molecule has 3 aromatic rings. The van der Waals surface area contributed by atoms with Crippen LogP contribution in [0.25, 0.3) is 10.8 Å². The molecule has 0 aromatic heterocycles. The number of carbonyl (C=O) groups is 2. The molecule has 0 radical (unpaired) electrons. The normalized spacial score (nSPS) is 10.8. The highest BCUT2D eigenvalue weighted by Gasteiger charge is 2.12. The van der Waals surface area contributed by atoms with E-state index in [4.69, 9.17) is 11.6 Å². The number of nitrogens with zero attached hydrogens (tertiary/aromatic N) is 1. The average Bonchev–Trinajstić information content (AvgIpc) is 2.61. The molecule has 0 aliphatic carbocycles. The summed E-state index contributed by atoms with van der Waals surface area (Å²) in [7, 11) is 1.72. The van der Waals surface area contributed by atoms with E-state index < -0.39 is 0 Å². The van der Waals surface area contributed by atoms with Crippen LogP contribution in [-0.2, 0) is 9.59 Å². The van der Waals surface area contributed by atoms with Crippen LogP contribution in [0, 0.1) is 0 Å². The quantitative estimate of drug-likeness (QED) is 0.678. The minimum atomic E-state index is -0.210. The molecule has 0 unspecified atom stereocenters. The lowest BCUT2D eigenvalue weighted by molar-refractivity contribution is -0.119. The third-order valence-corrected chi connectivity index (χ3v) is 4.23. The molecular formula is C21H20ClN3O2. The minimum absolute atomic E-state index is 0.0927. The lowest BCUT2D eigenvalue weighted by Crippen LogP contribution is -2.36. The Morgan fingerprint density at radius 1 is 0.889 bits per heavy atom. The van der Waals surface area contributed by atoms with E-state index in [0.29, 0.717) is 10.7 Å². The van der Waals surface area contributed by atoms with Gasteiger partial charge in [0.2, 0.25) is 11.8 Å². The predicted octanol–water partition coefficient (Wildman–Crippen LogP) is 4.00. The van der Waals surface area contributed by atoms with Gasteiger partial charge in [-0.1, -0.05) is 54.1 Å². The molecule has 0 bridgehead atoms. The molecule has 3 aromatic carbocycles. The molecule has 2 N–H and O–H groups in total. The highest BCUT2D eigenvalue weighted by atomic mass is 35.5. The first kappa shape index (κ1) is 18.9. The number of carbonyl (C=O) groups excluding carboxylic acids is 2. The molecule has 0 atom stereocenters. The second-order valence-electron chi connectivity index (χ2n) is 6.31. The van der Waals surface area contributed by atoms with Gasteiger partial charge < -0.3 is 10.6 Å². The molecule has 6 heteroatoms. The van der Waals surface area contributed by atoms with E-state index in [2.05, 4.69) is 10.6 Å². The van der Waals surface area contributed by atoms with Crippen LogP contribution in [0.2, 0.25) is 5.02 Å². The summed E-state index contributed by atoms with van der Waals surface area (Å²) in [6.07, 6.45) is 0. The minimum Gasteiger partial charge on any atom is -0.325 e. The molecule has 3 rings (SSSR count). The van der Waals surface area contributed by atoms with Crippen molar-refractivity contribution in [2.75, 3.05) is 30.8 Å². The van der Waals surface area contributed by atoms with Crippen molar-refractivity contribution in [3.63, 3.8) is 0 Å². The summed E-state index contributed by atoms with van der Waals surface area (Å²) in [5, 5.41) is 8.27. The summed E-state index contributed by atoms with van der Waals surface area (Å²) in [5.74, 6) is -0.387. The van der Waals surface area contributed by atoms with Crippen LogP contribution in [0.4, 0.5) is 11.4 Å². The van der Waals surface area contributed by atoms with Crippen LogP contribution in [0.3, 0.4) is 0 Å². The summed E-state index contributed by atoms with van der Waals surface area (Å²) in [5.41, 5.74) is 1.39. The summed E-state index contributed by atoms with van der Waals surface area (Å²) >= 11 is 5.91. The highest BCUT2D eigenvalue weighted by molar-refractivity contribution is 6.30. The van der Waals surface area contributed by atoms with Crippen LogP contribution in [0.15, 0.2) is 66.7 Å². The number of amides is 2. The van der Waals surface area contributed by atoms with Crippen molar-refractivity contribution in [1.29, 1.82) is 0 Å². The average molecular weight is 382 g/mol. The molecule has 0 aliphatic rings. The van der Waals surface area contributed by atoms with E-state index in [0.717, 1.165) is 16.5 Å². The largest absolute Gasteiger partial charge is 0.325 e. The smallest absolute Gasteiger partial charge is 0.238 e. The van der Waals surface area contributed by atoms with Crippen molar-refractivity contribution in [3.8, 4) is 0 Å². The molecule has 0 saturated heterocycles. The maximum atomic E-state index is 12.3. The van der Waals surface area contributed by atoms with E-state index in [9.17, 15) is 9.59 Å². The molecule has 0 aliphatic heterocycles. The van der Waals surface area contributed by atoms with E-state index >= 15 is 0 Å². The SMILES string of the molecule is CN(CC(=O)Nc1cccc(Cl)c1)CC(=O)Nc1cccc2ccccc12. The number of fused-ring (bicyclic) bond motifs is 1. The first-order chi connectivity index (χ1) is 13.0. The van der Waals surface area contributed by atoms with Crippen LogP contribution in [0.1, 0.15) is 0 Å². The zero-order chi connectivity index (χ0) is 19.2. The molecular weight excluding hydrogens is 362 g/mol. The van der Waals surface area contributed by atoms with Gasteiger partial charge in [0.05, 0.1) is 13.1 Å². The Hall–Kier alpha value is -2.89. The first-order valence-electron chi connectivity index (χ1n) is 8.53. The fraction of sp³-hybridized carbons (Fsp3) is 0.143. The zero-order valence-electron chi connectivity index (χ0n) is 14.9. The number of hydrogen-bond acceptors (Lipinski definition) is 3. The third kappa shape index (κ3) is 5.29. The zero-order valence-corrected chi connectivity index (χ0v) is 15.7. The van der Waals surface area contributed by atoms with Crippen molar-refractivity contribution in [2.45, 2.75) is 0 Å². The van der Waals surface area contributed by atoms with Crippen molar-refractivity contribution in [2.24, 2.45) is 0 Å². The topological polar surface area (TPSA) is 61.4 Å². The van der Waals surface area contributed by atoms with Gasteiger partial charge in [-0.2, -0.15) is 0 Å². The van der Waals surface area contributed by atoms with Crippen molar-refractivity contribution >= 4 is 45.6 Å². The summed E-state index contributed by atoms with van der Waals surface area (Å²) in [4.78, 5) is 26.1. The van der Waals surface area contributed by atoms with Gasteiger partial charge in [0.15, 0.2) is 0 Å². The molecule has 2 amide bonds. The maximum absolute atomic E-state index is 12.3. The van der Waals surface area contributed by atoms with E-state index in [1.165, 1.54) is 0 Å². The van der Waals surface area contributed by atoms with Crippen LogP contribution >= 0.6 is 11.6 Å². The van der Waals surface area contributed by atoms with Crippen LogP contribution in [-0.4, -0.2) is 36.9 Å². The fourth-order valence-electron chi connectivity index (χ4n) is 2.84. The Labute approximate surface area is 162 Å². The molecule has 0 fully saturated rings. The number of halogens is 1. The number of benzene rings is 3. The second-order valence-corrected chi connectivity index (χ2v) is 6.74. The molecule has 27 heavy (non-hydrogen) atoms. The number of likely N-dealkylation sites (N-methyl/N-ethyl adjacent to an activating group) is 1. The van der Waals surface area contributed by atoms with E-state index in [1.807, 2.05) is 42.5 Å². The van der Waals surface area contributed by atoms with Gasteiger partial charge in [0, 0.05) is 21.8 Å². The number of rotatable bonds is 6.